The van der Waals surface area contributed by atoms with Crippen LogP contribution in [0.2, 0.25) is 0 Å². The van der Waals surface area contributed by atoms with Crippen molar-refractivity contribution >= 4 is 17.3 Å². The first-order chi connectivity index (χ1) is 20.9. The molecule has 6 nitrogen and oxygen atoms in total. The molecule has 0 aliphatic carbocycles. The number of ether oxygens (including phenoxy) is 2. The molecular formula is C38H50N2O4. The maximum atomic E-state index is 11.3. The number of hydrogen-bond donors (Lipinski definition) is 1. The monoisotopic (exact) mass is 598 g/mol. The van der Waals surface area contributed by atoms with E-state index in [1.54, 1.807) is 13.8 Å². The fourth-order valence-electron chi connectivity index (χ4n) is 5.47. The van der Waals surface area contributed by atoms with Crippen LogP contribution in [-0.2, 0) is 15.0 Å². The molecule has 236 valence electrons. The van der Waals surface area contributed by atoms with E-state index in [0.717, 1.165) is 37.7 Å². The number of anilines is 1. The highest BCUT2D eigenvalue weighted by molar-refractivity contribution is 5.76. The lowest BCUT2D eigenvalue weighted by Crippen LogP contribution is -2.54. The van der Waals surface area contributed by atoms with Crippen molar-refractivity contribution in [3.05, 3.63) is 89.5 Å². The maximum absolute atomic E-state index is 11.3. The van der Waals surface area contributed by atoms with E-state index in [1.165, 1.54) is 22.4 Å². The summed E-state index contributed by atoms with van der Waals surface area (Å²) in [6.45, 7) is 17.9. The first kappa shape index (κ1) is 33.3. The van der Waals surface area contributed by atoms with Gasteiger partial charge >= 0.3 is 0 Å². The normalized spacial score (nSPS) is 16.5. The van der Waals surface area contributed by atoms with E-state index in [0.29, 0.717) is 18.9 Å². The first-order valence-electron chi connectivity index (χ1n) is 16.0. The van der Waals surface area contributed by atoms with E-state index >= 15 is 0 Å². The topological polar surface area (TPSA) is 67.9 Å². The van der Waals surface area contributed by atoms with E-state index in [1.807, 2.05) is 24.3 Å². The lowest BCUT2D eigenvalue weighted by Gasteiger charge is -2.41. The number of nitrogens with zero attached hydrogens (tertiary/aromatic N) is 1. The molecule has 6 heteroatoms. The third-order valence-electron chi connectivity index (χ3n) is 8.38. The molecule has 2 saturated heterocycles. The highest BCUT2D eigenvalue weighted by Gasteiger charge is 2.29. The van der Waals surface area contributed by atoms with Crippen LogP contribution >= 0.6 is 0 Å². The molecule has 3 aromatic carbocycles. The molecule has 44 heavy (non-hydrogen) atoms. The first-order valence-corrected chi connectivity index (χ1v) is 16.0. The highest BCUT2D eigenvalue weighted by atomic mass is 16.5. The van der Waals surface area contributed by atoms with Crippen LogP contribution < -0.4 is 19.7 Å². The molecule has 0 spiro atoms. The number of rotatable bonds is 11. The van der Waals surface area contributed by atoms with Crippen LogP contribution in [0.3, 0.4) is 0 Å². The Kier molecular flexibility index (Phi) is 11.3. The molecule has 2 aliphatic rings. The Hall–Kier alpha value is -3.64. The third-order valence-corrected chi connectivity index (χ3v) is 8.38. The Labute approximate surface area is 264 Å². The summed E-state index contributed by atoms with van der Waals surface area (Å²) in [5.41, 5.74) is 5.19. The van der Waals surface area contributed by atoms with E-state index in [9.17, 15) is 9.59 Å². The number of nitrogens with one attached hydrogen (secondary N) is 1. The number of carbonyl (C=O) groups excluding carboxylic acids is 2. The number of ketones is 2. The minimum absolute atomic E-state index is 0.188. The Balaban J connectivity index is 0.000000223. The summed E-state index contributed by atoms with van der Waals surface area (Å²) in [6, 6.07) is 25.1. The standard InChI is InChI=1S/C24H31NO2.C14H19NO2/c1-17(14-18(2)26)19-6-12-22(13-7-19)27-23-15-25(16-23)21-10-8-20(9-11-21)24(3,4)5;1-10(7-11(2)16)12-3-5-13(6-4-12)17-14-8-15-9-14/h6-13,17,23H,14-16H2,1-5H3;3-6,10,14-15H,7-9H2,1-2H3. The van der Waals surface area contributed by atoms with Crippen molar-refractivity contribution < 1.29 is 19.1 Å². The second-order valence-corrected chi connectivity index (χ2v) is 13.6. The van der Waals surface area contributed by atoms with Gasteiger partial charge in [0.15, 0.2) is 0 Å². The van der Waals surface area contributed by atoms with E-state index in [4.69, 9.17) is 9.47 Å². The van der Waals surface area contributed by atoms with Gasteiger partial charge in [0.05, 0.1) is 13.1 Å². The minimum atomic E-state index is 0.188. The fourth-order valence-corrected chi connectivity index (χ4v) is 5.47. The molecule has 0 amide bonds. The van der Waals surface area contributed by atoms with E-state index < -0.39 is 0 Å². The minimum Gasteiger partial charge on any atom is -0.488 e. The summed E-state index contributed by atoms with van der Waals surface area (Å²) in [6.07, 6.45) is 1.74. The van der Waals surface area contributed by atoms with Crippen molar-refractivity contribution in [2.45, 2.75) is 90.8 Å². The van der Waals surface area contributed by atoms with Gasteiger partial charge in [-0.3, -0.25) is 0 Å². The molecule has 3 aromatic rings. The molecule has 0 saturated carbocycles. The molecule has 2 unspecified atom stereocenters. The number of carbonyl (C=O) groups is 2. The zero-order valence-electron chi connectivity index (χ0n) is 27.6. The van der Waals surface area contributed by atoms with Gasteiger partial charge in [0.1, 0.15) is 35.3 Å². The van der Waals surface area contributed by atoms with Gasteiger partial charge in [-0.05, 0) is 84.2 Å². The Morgan fingerprint density at radius 3 is 1.52 bits per heavy atom. The Morgan fingerprint density at radius 1 is 0.727 bits per heavy atom. The highest BCUT2D eigenvalue weighted by Crippen LogP contribution is 2.29. The van der Waals surface area contributed by atoms with E-state index in [2.05, 4.69) is 93.4 Å². The van der Waals surface area contributed by atoms with Crippen LogP contribution in [0, 0.1) is 0 Å². The van der Waals surface area contributed by atoms with Crippen molar-refractivity contribution in [2.24, 2.45) is 0 Å². The largest absolute Gasteiger partial charge is 0.488 e. The molecule has 0 bridgehead atoms. The van der Waals surface area contributed by atoms with Crippen LogP contribution in [0.15, 0.2) is 72.8 Å². The van der Waals surface area contributed by atoms with Gasteiger partial charge in [0.25, 0.3) is 0 Å². The molecule has 2 heterocycles. The smallest absolute Gasteiger partial charge is 0.133 e. The SMILES string of the molecule is CC(=O)CC(C)c1ccc(OC2CN(c3ccc(C(C)(C)C)cc3)C2)cc1.CC(=O)CC(C)c1ccc(OC2CNC2)cc1. The molecule has 2 fully saturated rings. The summed E-state index contributed by atoms with van der Waals surface area (Å²) >= 11 is 0. The maximum Gasteiger partial charge on any atom is 0.133 e. The van der Waals surface area contributed by atoms with Gasteiger partial charge in [-0.15, -0.1) is 0 Å². The van der Waals surface area contributed by atoms with Gasteiger partial charge in [0.2, 0.25) is 0 Å². The summed E-state index contributed by atoms with van der Waals surface area (Å²) in [7, 11) is 0. The zero-order valence-corrected chi connectivity index (χ0v) is 27.6. The summed E-state index contributed by atoms with van der Waals surface area (Å²) in [5.74, 6) is 2.82. The van der Waals surface area contributed by atoms with Crippen LogP contribution in [0.1, 0.15) is 89.8 Å². The summed E-state index contributed by atoms with van der Waals surface area (Å²) in [4.78, 5) is 24.7. The van der Waals surface area contributed by atoms with Crippen molar-refractivity contribution in [3.63, 3.8) is 0 Å². The van der Waals surface area contributed by atoms with Crippen molar-refractivity contribution in [1.82, 2.24) is 5.32 Å². The Bertz CT molecular complexity index is 1350. The van der Waals surface area contributed by atoms with Gasteiger partial charge in [-0.25, -0.2) is 0 Å². The quantitative estimate of drug-likeness (QED) is 0.247. The molecule has 2 aliphatic heterocycles. The molecular weight excluding hydrogens is 548 g/mol. The van der Waals surface area contributed by atoms with Crippen LogP contribution in [0.25, 0.3) is 0 Å². The van der Waals surface area contributed by atoms with Gasteiger partial charge in [-0.1, -0.05) is 71.0 Å². The predicted molar refractivity (Wildman–Crippen MR) is 179 cm³/mol. The molecule has 0 aromatic heterocycles. The second kappa shape index (κ2) is 14.9. The molecule has 0 radical (unpaired) electrons. The van der Waals surface area contributed by atoms with Crippen LogP contribution in [0.4, 0.5) is 5.69 Å². The summed E-state index contributed by atoms with van der Waals surface area (Å²) < 4.78 is 11.8. The van der Waals surface area contributed by atoms with Crippen molar-refractivity contribution in [2.75, 3.05) is 31.1 Å². The molecule has 5 rings (SSSR count). The van der Waals surface area contributed by atoms with Crippen LogP contribution in [-0.4, -0.2) is 50.0 Å². The van der Waals surface area contributed by atoms with Gasteiger partial charge in [-0.2, -0.15) is 0 Å². The predicted octanol–water partition coefficient (Wildman–Crippen LogP) is 7.45. The van der Waals surface area contributed by atoms with Gasteiger partial charge < -0.3 is 29.3 Å². The average molecular weight is 599 g/mol. The average Bonchev–Trinajstić information content (AvgIpc) is 2.92. The number of Topliss-reactive ketones (excluding diaryl/α,β-unsaturated/α-hetero) is 2. The third kappa shape index (κ3) is 9.68. The number of benzene rings is 3. The van der Waals surface area contributed by atoms with E-state index in [-0.39, 0.29) is 34.9 Å². The number of hydrogen-bond acceptors (Lipinski definition) is 6. The van der Waals surface area contributed by atoms with Crippen LogP contribution in [0.5, 0.6) is 11.5 Å². The van der Waals surface area contributed by atoms with Crippen molar-refractivity contribution in [1.29, 1.82) is 0 Å². The Morgan fingerprint density at radius 2 is 1.16 bits per heavy atom. The fraction of sp³-hybridized carbons (Fsp3) is 0.474. The lowest BCUT2D eigenvalue weighted by atomic mass is 9.87. The second-order valence-electron chi connectivity index (χ2n) is 13.6. The van der Waals surface area contributed by atoms with Crippen molar-refractivity contribution in [3.8, 4) is 11.5 Å². The summed E-state index contributed by atoms with van der Waals surface area (Å²) in [5, 5.41) is 3.17. The lowest BCUT2D eigenvalue weighted by molar-refractivity contribution is -0.118. The molecule has 1 N–H and O–H groups in total. The van der Waals surface area contributed by atoms with Gasteiger partial charge in [0, 0.05) is 31.6 Å². The zero-order chi connectivity index (χ0) is 31.9. The molecule has 2 atom stereocenters.